The van der Waals surface area contributed by atoms with E-state index in [1.807, 2.05) is 36.5 Å². The number of nitrogens with zero attached hydrogens (tertiary/aromatic N) is 1. The Bertz CT molecular complexity index is 1440. The average Bonchev–Trinajstić information content (AvgIpc) is 3.17. The Hall–Kier alpha value is -3.20. The molecule has 3 aromatic carbocycles. The molecule has 0 amide bonds. The quantitative estimate of drug-likeness (QED) is 0.293. The molecule has 6 rings (SSSR count). The molecular formula is C28H24FNO. The zero-order valence-electron chi connectivity index (χ0n) is 17.6. The molecule has 2 heterocycles. The van der Waals surface area contributed by atoms with Crippen molar-refractivity contribution in [2.75, 3.05) is 0 Å². The molecule has 2 nitrogen and oxygen atoms in total. The molecule has 0 radical (unpaired) electrons. The van der Waals surface area contributed by atoms with Crippen LogP contribution in [0.2, 0.25) is 0 Å². The van der Waals surface area contributed by atoms with E-state index in [0.29, 0.717) is 0 Å². The largest absolute Gasteiger partial charge is 0.455 e. The van der Waals surface area contributed by atoms with Crippen LogP contribution in [0.1, 0.15) is 49.1 Å². The average molecular weight is 410 g/mol. The van der Waals surface area contributed by atoms with Gasteiger partial charge in [0.2, 0.25) is 0 Å². The lowest BCUT2D eigenvalue weighted by atomic mass is 9.81. The second-order valence-corrected chi connectivity index (χ2v) is 8.84. The topological polar surface area (TPSA) is 26.0 Å². The first-order valence-electron chi connectivity index (χ1n) is 11.2. The van der Waals surface area contributed by atoms with E-state index in [1.165, 1.54) is 19.3 Å². The number of aromatic nitrogens is 1. The van der Waals surface area contributed by atoms with Crippen molar-refractivity contribution >= 4 is 32.7 Å². The van der Waals surface area contributed by atoms with Crippen LogP contribution in [-0.4, -0.2) is 4.98 Å². The molecule has 0 aliphatic heterocycles. The van der Waals surface area contributed by atoms with E-state index in [4.69, 9.17) is 9.40 Å². The fourth-order valence-electron chi connectivity index (χ4n) is 5.42. The van der Waals surface area contributed by atoms with Crippen LogP contribution in [0.4, 0.5) is 4.39 Å². The summed E-state index contributed by atoms with van der Waals surface area (Å²) in [4.78, 5) is 4.77. The first-order chi connectivity index (χ1) is 15.2. The number of fused-ring (bicyclic) bond motifs is 4. The molecule has 5 aromatic rings. The van der Waals surface area contributed by atoms with Gasteiger partial charge in [0.25, 0.3) is 0 Å². The van der Waals surface area contributed by atoms with Crippen LogP contribution in [0, 0.1) is 12.7 Å². The van der Waals surface area contributed by atoms with Gasteiger partial charge in [-0.25, -0.2) is 4.39 Å². The van der Waals surface area contributed by atoms with Gasteiger partial charge in [-0.1, -0.05) is 37.5 Å². The van der Waals surface area contributed by atoms with Crippen LogP contribution in [0.25, 0.3) is 44.0 Å². The zero-order chi connectivity index (χ0) is 20.9. The van der Waals surface area contributed by atoms with Crippen LogP contribution >= 0.6 is 0 Å². The van der Waals surface area contributed by atoms with Gasteiger partial charge >= 0.3 is 0 Å². The van der Waals surface area contributed by atoms with Gasteiger partial charge in [0.05, 0.1) is 5.69 Å². The van der Waals surface area contributed by atoms with E-state index < -0.39 is 0 Å². The van der Waals surface area contributed by atoms with Gasteiger partial charge in [-0.15, -0.1) is 0 Å². The summed E-state index contributed by atoms with van der Waals surface area (Å²) in [6, 6.07) is 17.9. The molecular weight excluding hydrogens is 385 g/mol. The van der Waals surface area contributed by atoms with Gasteiger partial charge in [0.1, 0.15) is 17.0 Å². The van der Waals surface area contributed by atoms with E-state index in [9.17, 15) is 0 Å². The Balaban J connectivity index is 1.65. The van der Waals surface area contributed by atoms with E-state index in [1.54, 1.807) is 6.07 Å². The molecule has 0 bridgehead atoms. The molecule has 0 N–H and O–H groups in total. The Kier molecular flexibility index (Phi) is 4.31. The van der Waals surface area contributed by atoms with Crippen LogP contribution in [-0.2, 0) is 0 Å². The first-order valence-corrected chi connectivity index (χ1v) is 11.2. The number of halogens is 1. The summed E-state index contributed by atoms with van der Waals surface area (Å²) >= 11 is 0. The van der Waals surface area contributed by atoms with E-state index in [2.05, 4.69) is 25.1 Å². The standard InChI is InChI=1S/C28H24FNO/c1-17-15-22-19-9-5-6-10-25(19)31-28(22)23(16-17)27-21-11-12-24(29)26(20(21)13-14-30-27)18-7-3-2-4-8-18/h5-6,9-16,18H,2-4,7-8H2,1H3. The highest BCUT2D eigenvalue weighted by molar-refractivity contribution is 6.12. The predicted octanol–water partition coefficient (Wildman–Crippen LogP) is 8.30. The number of furan rings is 1. The van der Waals surface area contributed by atoms with Crippen molar-refractivity contribution in [2.24, 2.45) is 0 Å². The molecule has 1 fully saturated rings. The number of benzene rings is 3. The van der Waals surface area contributed by atoms with Crippen LogP contribution < -0.4 is 0 Å². The van der Waals surface area contributed by atoms with Crippen LogP contribution in [0.3, 0.4) is 0 Å². The van der Waals surface area contributed by atoms with Crippen molar-refractivity contribution in [2.45, 2.75) is 44.9 Å². The van der Waals surface area contributed by atoms with Gasteiger partial charge in [-0.3, -0.25) is 4.98 Å². The summed E-state index contributed by atoms with van der Waals surface area (Å²) in [7, 11) is 0. The Labute approximate surface area is 180 Å². The highest BCUT2D eigenvalue weighted by atomic mass is 19.1. The van der Waals surface area contributed by atoms with E-state index >= 15 is 4.39 Å². The number of para-hydroxylation sites is 1. The van der Waals surface area contributed by atoms with Crippen molar-refractivity contribution in [1.82, 2.24) is 4.98 Å². The van der Waals surface area contributed by atoms with Crippen molar-refractivity contribution in [3.63, 3.8) is 0 Å². The van der Waals surface area contributed by atoms with Gasteiger partial charge in [0, 0.05) is 27.9 Å². The van der Waals surface area contributed by atoms with Gasteiger partial charge in [-0.2, -0.15) is 0 Å². The molecule has 0 saturated heterocycles. The molecule has 0 unspecified atom stereocenters. The summed E-state index contributed by atoms with van der Waals surface area (Å²) in [6.45, 7) is 2.10. The van der Waals surface area contributed by atoms with Crippen molar-refractivity contribution < 1.29 is 8.81 Å². The smallest absolute Gasteiger partial charge is 0.144 e. The Morgan fingerprint density at radius 3 is 2.58 bits per heavy atom. The maximum atomic E-state index is 15.1. The molecule has 2 aromatic heterocycles. The monoisotopic (exact) mass is 409 g/mol. The van der Waals surface area contributed by atoms with E-state index in [0.717, 1.165) is 67.9 Å². The molecule has 1 aliphatic carbocycles. The lowest BCUT2D eigenvalue weighted by Gasteiger charge is -2.24. The van der Waals surface area contributed by atoms with Crippen LogP contribution in [0.15, 0.2) is 65.2 Å². The summed E-state index contributed by atoms with van der Waals surface area (Å²) < 4.78 is 21.4. The highest BCUT2D eigenvalue weighted by Gasteiger charge is 2.23. The molecule has 1 saturated carbocycles. The number of pyridine rings is 1. The normalized spacial score (nSPS) is 15.3. The lowest BCUT2D eigenvalue weighted by molar-refractivity contribution is 0.432. The molecule has 0 atom stereocenters. The Morgan fingerprint density at radius 2 is 1.71 bits per heavy atom. The molecule has 154 valence electrons. The fourth-order valence-corrected chi connectivity index (χ4v) is 5.42. The van der Waals surface area contributed by atoms with Crippen molar-refractivity contribution in [3.05, 3.63) is 77.7 Å². The number of rotatable bonds is 2. The SMILES string of the molecule is Cc1cc(-c2nccc3c(C4CCCCC4)c(F)ccc23)c2oc3ccccc3c2c1. The fraction of sp³-hybridized carbons (Fsp3) is 0.250. The minimum atomic E-state index is -0.0883. The molecule has 1 aliphatic rings. The molecule has 31 heavy (non-hydrogen) atoms. The summed E-state index contributed by atoms with van der Waals surface area (Å²) in [6.07, 6.45) is 7.55. The summed E-state index contributed by atoms with van der Waals surface area (Å²) in [5.41, 5.74) is 5.58. The number of hydrogen-bond donors (Lipinski definition) is 0. The lowest BCUT2D eigenvalue weighted by Crippen LogP contribution is -2.07. The molecule has 3 heteroatoms. The minimum absolute atomic E-state index is 0.0883. The third-order valence-corrected chi connectivity index (χ3v) is 6.82. The van der Waals surface area contributed by atoms with Crippen molar-refractivity contribution in [1.29, 1.82) is 0 Å². The van der Waals surface area contributed by atoms with Gasteiger partial charge in [0.15, 0.2) is 0 Å². The minimum Gasteiger partial charge on any atom is -0.455 e. The number of hydrogen-bond acceptors (Lipinski definition) is 2. The predicted molar refractivity (Wildman–Crippen MR) is 125 cm³/mol. The van der Waals surface area contributed by atoms with Gasteiger partial charge < -0.3 is 4.42 Å². The maximum Gasteiger partial charge on any atom is 0.144 e. The van der Waals surface area contributed by atoms with Crippen LogP contribution in [0.5, 0.6) is 0 Å². The summed E-state index contributed by atoms with van der Waals surface area (Å²) in [5, 5.41) is 4.19. The number of aryl methyl sites for hydroxylation is 1. The van der Waals surface area contributed by atoms with E-state index in [-0.39, 0.29) is 11.7 Å². The third kappa shape index (κ3) is 2.95. The Morgan fingerprint density at radius 1 is 0.871 bits per heavy atom. The second-order valence-electron chi connectivity index (χ2n) is 8.84. The van der Waals surface area contributed by atoms with Gasteiger partial charge in [-0.05, 0) is 78.6 Å². The third-order valence-electron chi connectivity index (χ3n) is 6.82. The second kappa shape index (κ2) is 7.19. The first kappa shape index (κ1) is 18.6. The zero-order valence-corrected chi connectivity index (χ0v) is 17.6. The van der Waals surface area contributed by atoms with Crippen molar-refractivity contribution in [3.8, 4) is 11.3 Å². The maximum absolute atomic E-state index is 15.1. The molecule has 0 spiro atoms. The summed E-state index contributed by atoms with van der Waals surface area (Å²) in [5.74, 6) is 0.200. The highest BCUT2D eigenvalue weighted by Crippen LogP contribution is 2.42.